The number of nitriles is 1. The molecule has 2 aromatic carbocycles. The van der Waals surface area contributed by atoms with Crippen molar-refractivity contribution in [3.8, 4) is 6.07 Å². The molecule has 1 aliphatic rings. The maximum absolute atomic E-state index is 13.1. The number of ether oxygens (including phenoxy) is 1. The Hall–Kier alpha value is -2.32. The van der Waals surface area contributed by atoms with Gasteiger partial charge in [-0.3, -0.25) is 0 Å². The molecule has 3 rings (SSSR count). The second-order valence-corrected chi connectivity index (χ2v) is 8.99. The highest BCUT2D eigenvalue weighted by Crippen LogP contribution is 2.44. The topological polar surface area (TPSA) is 53.3 Å². The van der Waals surface area contributed by atoms with Crippen LogP contribution in [0.5, 0.6) is 0 Å². The molecule has 0 radical (unpaired) electrons. The van der Waals surface area contributed by atoms with Crippen molar-refractivity contribution in [3.63, 3.8) is 0 Å². The van der Waals surface area contributed by atoms with E-state index in [0.29, 0.717) is 19.4 Å². The highest BCUT2D eigenvalue weighted by molar-refractivity contribution is 9.10. The third-order valence-electron chi connectivity index (χ3n) is 5.42. The predicted molar refractivity (Wildman–Crippen MR) is 112 cm³/mol. The Kier molecular flexibility index (Phi) is 5.81. The monoisotopic (exact) mass is 440 g/mol. The van der Waals surface area contributed by atoms with Crippen LogP contribution in [-0.2, 0) is 10.3 Å². The molecule has 146 valence electrons. The second-order valence-electron chi connectivity index (χ2n) is 8.07. The van der Waals surface area contributed by atoms with Gasteiger partial charge < -0.3 is 9.64 Å². The lowest BCUT2D eigenvalue weighted by atomic mass is 9.75. The molecule has 5 heteroatoms. The average molecular weight is 441 g/mol. The van der Waals surface area contributed by atoms with Crippen molar-refractivity contribution in [1.82, 2.24) is 4.90 Å². The molecule has 0 aromatic heterocycles. The Bertz CT molecular complexity index is 874. The molecule has 0 saturated carbocycles. The molecule has 2 atom stereocenters. The molecule has 4 nitrogen and oxygen atoms in total. The minimum Gasteiger partial charge on any atom is -0.438 e. The summed E-state index contributed by atoms with van der Waals surface area (Å²) in [6.07, 6.45) is 0.779. The van der Waals surface area contributed by atoms with Crippen LogP contribution < -0.4 is 0 Å². The van der Waals surface area contributed by atoms with Crippen LogP contribution in [0, 0.1) is 16.7 Å². The molecular formula is C23H25BrN2O2. The van der Waals surface area contributed by atoms with Crippen LogP contribution in [0.15, 0.2) is 59.1 Å². The Balaban J connectivity index is 1.88. The molecule has 0 aliphatic carbocycles. The summed E-state index contributed by atoms with van der Waals surface area (Å²) < 4.78 is 7.11. The van der Waals surface area contributed by atoms with Crippen LogP contribution in [0.1, 0.15) is 50.8 Å². The van der Waals surface area contributed by atoms with E-state index >= 15 is 0 Å². The Morgan fingerprint density at radius 2 is 1.86 bits per heavy atom. The van der Waals surface area contributed by atoms with Gasteiger partial charge in [0, 0.05) is 23.9 Å². The number of rotatable bonds is 5. The zero-order valence-corrected chi connectivity index (χ0v) is 18.1. The number of benzene rings is 2. The van der Waals surface area contributed by atoms with Crippen molar-refractivity contribution in [2.45, 2.75) is 45.3 Å². The van der Waals surface area contributed by atoms with Gasteiger partial charge in [-0.05, 0) is 44.0 Å². The summed E-state index contributed by atoms with van der Waals surface area (Å²) in [5.41, 5.74) is 0.621. The van der Waals surface area contributed by atoms with E-state index in [1.165, 1.54) is 0 Å². The van der Waals surface area contributed by atoms with Crippen molar-refractivity contribution in [2.24, 2.45) is 5.41 Å². The van der Waals surface area contributed by atoms with Gasteiger partial charge in [0.25, 0.3) is 0 Å². The highest BCUT2D eigenvalue weighted by atomic mass is 79.9. The Labute approximate surface area is 175 Å². The number of carbonyl (C=O) groups excluding carboxylic acids is 1. The minimum atomic E-state index is -0.784. The number of hydrogen-bond acceptors (Lipinski definition) is 3. The molecule has 1 unspecified atom stereocenters. The molecule has 0 bridgehead atoms. The van der Waals surface area contributed by atoms with E-state index in [9.17, 15) is 10.1 Å². The number of amides is 1. The van der Waals surface area contributed by atoms with Crippen LogP contribution in [0.3, 0.4) is 0 Å². The minimum absolute atomic E-state index is 0.0849. The van der Waals surface area contributed by atoms with Crippen molar-refractivity contribution in [1.29, 1.82) is 5.26 Å². The molecular weight excluding hydrogens is 416 g/mol. The Morgan fingerprint density at radius 3 is 2.43 bits per heavy atom. The SMILES string of the molecule is CC(c1ccc(Br)cc1)N1CC[C@](CC(C)(C)C#N)(c2ccccc2)OC1=O. The lowest BCUT2D eigenvalue weighted by Gasteiger charge is -2.45. The van der Waals surface area contributed by atoms with Gasteiger partial charge in [0.2, 0.25) is 0 Å². The lowest BCUT2D eigenvalue weighted by molar-refractivity contribution is -0.0770. The van der Waals surface area contributed by atoms with Crippen molar-refractivity contribution in [2.75, 3.05) is 6.54 Å². The fourth-order valence-corrected chi connectivity index (χ4v) is 4.13. The number of nitrogens with zero attached hydrogens (tertiary/aromatic N) is 2. The van der Waals surface area contributed by atoms with Gasteiger partial charge in [-0.2, -0.15) is 5.26 Å². The fourth-order valence-electron chi connectivity index (χ4n) is 3.87. The Morgan fingerprint density at radius 1 is 1.21 bits per heavy atom. The summed E-state index contributed by atoms with van der Waals surface area (Å²) in [5.74, 6) is 0. The standard InChI is InChI=1S/C23H25BrN2O2/c1-17(18-9-11-20(24)12-10-18)26-14-13-23(28-21(26)27,15-22(2,3)16-25)19-7-5-4-6-8-19/h4-12,17H,13-15H2,1-3H3/t17?,23-/m0/s1. The molecule has 1 saturated heterocycles. The molecule has 0 N–H and O–H groups in total. The first-order chi connectivity index (χ1) is 13.3. The normalized spacial score (nSPS) is 21.0. The van der Waals surface area contributed by atoms with Gasteiger partial charge in [-0.15, -0.1) is 0 Å². The molecule has 1 amide bonds. The lowest BCUT2D eigenvalue weighted by Crippen LogP contribution is -2.50. The summed E-state index contributed by atoms with van der Waals surface area (Å²) in [4.78, 5) is 14.8. The average Bonchev–Trinajstić information content (AvgIpc) is 2.68. The van der Waals surface area contributed by atoms with Gasteiger partial charge in [0.15, 0.2) is 0 Å². The third kappa shape index (κ3) is 4.23. The van der Waals surface area contributed by atoms with E-state index < -0.39 is 11.0 Å². The van der Waals surface area contributed by atoms with E-state index in [4.69, 9.17) is 4.74 Å². The zero-order chi connectivity index (χ0) is 20.4. The quantitative estimate of drug-likeness (QED) is 0.556. The van der Waals surface area contributed by atoms with Crippen LogP contribution in [0.2, 0.25) is 0 Å². The number of hydrogen-bond donors (Lipinski definition) is 0. The van der Waals surface area contributed by atoms with E-state index in [0.717, 1.165) is 15.6 Å². The zero-order valence-electron chi connectivity index (χ0n) is 16.5. The number of halogens is 1. The molecule has 1 heterocycles. The van der Waals surface area contributed by atoms with E-state index in [1.807, 2.05) is 75.4 Å². The first kappa shape index (κ1) is 20.4. The largest absolute Gasteiger partial charge is 0.438 e. The van der Waals surface area contributed by atoms with Crippen LogP contribution in [-0.4, -0.2) is 17.5 Å². The third-order valence-corrected chi connectivity index (χ3v) is 5.95. The van der Waals surface area contributed by atoms with Gasteiger partial charge in [0.05, 0.1) is 17.5 Å². The number of cyclic esters (lactones) is 1. The molecule has 28 heavy (non-hydrogen) atoms. The maximum atomic E-state index is 13.1. The molecule has 2 aromatic rings. The van der Waals surface area contributed by atoms with Gasteiger partial charge >= 0.3 is 6.09 Å². The van der Waals surface area contributed by atoms with Crippen LogP contribution >= 0.6 is 15.9 Å². The summed E-state index contributed by atoms with van der Waals surface area (Å²) in [5, 5.41) is 9.56. The first-order valence-electron chi connectivity index (χ1n) is 9.48. The van der Waals surface area contributed by atoms with Crippen molar-refractivity contribution >= 4 is 22.0 Å². The fraction of sp³-hybridized carbons (Fsp3) is 0.391. The molecule has 1 aliphatic heterocycles. The van der Waals surface area contributed by atoms with Crippen LogP contribution in [0.4, 0.5) is 4.79 Å². The smallest absolute Gasteiger partial charge is 0.411 e. The summed E-state index contributed by atoms with van der Waals surface area (Å²) >= 11 is 3.45. The summed E-state index contributed by atoms with van der Waals surface area (Å²) in [7, 11) is 0. The first-order valence-corrected chi connectivity index (χ1v) is 10.3. The van der Waals surface area contributed by atoms with E-state index in [1.54, 1.807) is 4.90 Å². The molecule has 0 spiro atoms. The summed E-state index contributed by atoms with van der Waals surface area (Å²) in [6, 6.07) is 20.0. The van der Waals surface area contributed by atoms with Crippen molar-refractivity contribution in [3.05, 3.63) is 70.2 Å². The van der Waals surface area contributed by atoms with E-state index in [2.05, 4.69) is 22.0 Å². The second kappa shape index (κ2) is 7.97. The van der Waals surface area contributed by atoms with Crippen LogP contribution in [0.25, 0.3) is 0 Å². The summed E-state index contributed by atoms with van der Waals surface area (Å²) in [6.45, 7) is 6.37. The van der Waals surface area contributed by atoms with Gasteiger partial charge in [-0.1, -0.05) is 58.4 Å². The van der Waals surface area contributed by atoms with E-state index in [-0.39, 0.29) is 12.1 Å². The number of carbonyl (C=O) groups is 1. The highest BCUT2D eigenvalue weighted by Gasteiger charge is 2.46. The van der Waals surface area contributed by atoms with Crippen molar-refractivity contribution < 1.29 is 9.53 Å². The van der Waals surface area contributed by atoms with Gasteiger partial charge in [-0.25, -0.2) is 4.79 Å². The predicted octanol–water partition coefficient (Wildman–Crippen LogP) is 6.19. The molecule has 1 fully saturated rings. The maximum Gasteiger partial charge on any atom is 0.411 e. The van der Waals surface area contributed by atoms with Gasteiger partial charge in [0.1, 0.15) is 5.60 Å².